The SMILES string of the molecule is CCc1nc(NC)cc(NCc2noc(C)n2)n1. The van der Waals surface area contributed by atoms with Gasteiger partial charge < -0.3 is 15.2 Å². The molecule has 96 valence electrons. The fourth-order valence-electron chi connectivity index (χ4n) is 1.46. The van der Waals surface area contributed by atoms with E-state index in [2.05, 4.69) is 30.7 Å². The van der Waals surface area contributed by atoms with Crippen LogP contribution in [0.15, 0.2) is 10.6 Å². The van der Waals surface area contributed by atoms with Crippen LogP contribution in [0.3, 0.4) is 0 Å². The highest BCUT2D eigenvalue weighted by molar-refractivity contribution is 5.47. The zero-order chi connectivity index (χ0) is 13.0. The van der Waals surface area contributed by atoms with Crippen molar-refractivity contribution in [3.05, 3.63) is 23.6 Å². The van der Waals surface area contributed by atoms with Crippen LogP contribution in [0.1, 0.15) is 24.5 Å². The molecule has 18 heavy (non-hydrogen) atoms. The normalized spacial score (nSPS) is 10.4. The van der Waals surface area contributed by atoms with Gasteiger partial charge in [-0.2, -0.15) is 4.98 Å². The van der Waals surface area contributed by atoms with Crippen LogP contribution in [-0.4, -0.2) is 27.2 Å². The summed E-state index contributed by atoms with van der Waals surface area (Å²) in [5, 5.41) is 9.96. The molecule has 7 heteroatoms. The minimum atomic E-state index is 0.473. The van der Waals surface area contributed by atoms with E-state index in [9.17, 15) is 0 Å². The maximum Gasteiger partial charge on any atom is 0.223 e. The van der Waals surface area contributed by atoms with Crippen LogP contribution in [0.25, 0.3) is 0 Å². The number of aromatic nitrogens is 4. The molecule has 0 radical (unpaired) electrons. The molecule has 2 N–H and O–H groups in total. The summed E-state index contributed by atoms with van der Waals surface area (Å²) in [5.74, 6) is 3.48. The van der Waals surface area contributed by atoms with Gasteiger partial charge >= 0.3 is 0 Å². The minimum Gasteiger partial charge on any atom is -0.373 e. The van der Waals surface area contributed by atoms with E-state index in [1.54, 1.807) is 6.92 Å². The molecule has 0 spiro atoms. The smallest absolute Gasteiger partial charge is 0.223 e. The van der Waals surface area contributed by atoms with Crippen LogP contribution < -0.4 is 10.6 Å². The lowest BCUT2D eigenvalue weighted by Crippen LogP contribution is -2.07. The van der Waals surface area contributed by atoms with Gasteiger partial charge in [0.1, 0.15) is 17.5 Å². The molecule has 0 saturated carbocycles. The zero-order valence-corrected chi connectivity index (χ0v) is 10.7. The monoisotopic (exact) mass is 248 g/mol. The minimum absolute atomic E-state index is 0.473. The summed E-state index contributed by atoms with van der Waals surface area (Å²) in [5.41, 5.74) is 0. The molecule has 0 aliphatic heterocycles. The maximum absolute atomic E-state index is 4.90. The molecule has 2 aromatic rings. The van der Waals surface area contributed by atoms with Gasteiger partial charge in [0.15, 0.2) is 5.82 Å². The zero-order valence-electron chi connectivity index (χ0n) is 10.7. The van der Waals surface area contributed by atoms with Crippen LogP contribution in [0.4, 0.5) is 11.6 Å². The Morgan fingerprint density at radius 3 is 2.56 bits per heavy atom. The molecule has 0 amide bonds. The number of aryl methyl sites for hydroxylation is 2. The van der Waals surface area contributed by atoms with Crippen molar-refractivity contribution in [3.8, 4) is 0 Å². The summed E-state index contributed by atoms with van der Waals surface area (Å²) in [6.45, 7) is 4.25. The van der Waals surface area contributed by atoms with E-state index in [-0.39, 0.29) is 0 Å². The molecule has 0 saturated heterocycles. The van der Waals surface area contributed by atoms with E-state index >= 15 is 0 Å². The van der Waals surface area contributed by atoms with Crippen LogP contribution in [0, 0.1) is 6.92 Å². The molecule has 7 nitrogen and oxygen atoms in total. The fraction of sp³-hybridized carbons (Fsp3) is 0.455. The van der Waals surface area contributed by atoms with Crippen molar-refractivity contribution in [2.24, 2.45) is 0 Å². The van der Waals surface area contributed by atoms with Gasteiger partial charge in [-0.05, 0) is 0 Å². The molecule has 0 unspecified atom stereocenters. The van der Waals surface area contributed by atoms with Crippen LogP contribution in [0.2, 0.25) is 0 Å². The second kappa shape index (κ2) is 5.44. The number of anilines is 2. The molecule has 0 bridgehead atoms. The van der Waals surface area contributed by atoms with E-state index in [1.807, 2.05) is 20.0 Å². The van der Waals surface area contributed by atoms with Crippen molar-refractivity contribution in [1.82, 2.24) is 20.1 Å². The molecule has 0 fully saturated rings. The fourth-order valence-corrected chi connectivity index (χ4v) is 1.46. The number of nitrogens with zero attached hydrogens (tertiary/aromatic N) is 4. The first-order valence-corrected chi connectivity index (χ1v) is 5.80. The number of rotatable bonds is 5. The standard InChI is InChI=1S/C11H16N6O/c1-4-8-15-9(12-3)5-10(16-8)13-6-11-14-7(2)18-17-11/h5H,4,6H2,1-3H3,(H2,12,13,15,16). The average Bonchev–Trinajstić information content (AvgIpc) is 2.81. The molecule has 0 aliphatic rings. The van der Waals surface area contributed by atoms with Crippen molar-refractivity contribution in [2.45, 2.75) is 26.8 Å². The Morgan fingerprint density at radius 1 is 1.17 bits per heavy atom. The predicted molar refractivity (Wildman–Crippen MR) is 67.3 cm³/mol. The second-order valence-corrected chi connectivity index (χ2v) is 3.74. The summed E-state index contributed by atoms with van der Waals surface area (Å²) in [6, 6.07) is 1.84. The highest BCUT2D eigenvalue weighted by Gasteiger charge is 2.05. The Labute approximate surface area is 105 Å². The summed E-state index contributed by atoms with van der Waals surface area (Å²) in [4.78, 5) is 12.8. The van der Waals surface area contributed by atoms with Gasteiger partial charge in [-0.3, -0.25) is 0 Å². The topological polar surface area (TPSA) is 88.8 Å². The van der Waals surface area contributed by atoms with E-state index in [4.69, 9.17) is 4.52 Å². The van der Waals surface area contributed by atoms with Gasteiger partial charge in [0.2, 0.25) is 5.89 Å². The van der Waals surface area contributed by atoms with Crippen molar-refractivity contribution >= 4 is 11.6 Å². The van der Waals surface area contributed by atoms with E-state index < -0.39 is 0 Å². The number of nitrogens with one attached hydrogen (secondary N) is 2. The first-order chi connectivity index (χ1) is 8.71. The Morgan fingerprint density at radius 2 is 1.94 bits per heavy atom. The molecule has 0 atom stereocenters. The Balaban J connectivity index is 2.08. The van der Waals surface area contributed by atoms with Gasteiger partial charge in [0.25, 0.3) is 0 Å². The quantitative estimate of drug-likeness (QED) is 0.826. The van der Waals surface area contributed by atoms with Gasteiger partial charge in [0, 0.05) is 26.5 Å². The summed E-state index contributed by atoms with van der Waals surface area (Å²) < 4.78 is 4.90. The molecule has 2 rings (SSSR count). The number of hydrogen-bond donors (Lipinski definition) is 2. The van der Waals surface area contributed by atoms with Crippen molar-refractivity contribution in [1.29, 1.82) is 0 Å². The lowest BCUT2D eigenvalue weighted by Gasteiger charge is -2.07. The molecule has 0 aliphatic carbocycles. The second-order valence-electron chi connectivity index (χ2n) is 3.74. The predicted octanol–water partition coefficient (Wildman–Crippen LogP) is 1.38. The van der Waals surface area contributed by atoms with Crippen LogP contribution in [-0.2, 0) is 13.0 Å². The van der Waals surface area contributed by atoms with Crippen LogP contribution >= 0.6 is 0 Å². The first kappa shape index (κ1) is 12.3. The third-order valence-corrected chi connectivity index (χ3v) is 2.34. The van der Waals surface area contributed by atoms with Crippen molar-refractivity contribution < 1.29 is 4.52 Å². The Kier molecular flexibility index (Phi) is 3.71. The molecular formula is C11H16N6O. The molecule has 0 aromatic carbocycles. The largest absolute Gasteiger partial charge is 0.373 e. The molecule has 2 aromatic heterocycles. The van der Waals surface area contributed by atoms with Gasteiger partial charge in [0.05, 0.1) is 6.54 Å². The average molecular weight is 248 g/mol. The molecule has 2 heterocycles. The van der Waals surface area contributed by atoms with Crippen LogP contribution in [0.5, 0.6) is 0 Å². The Bertz CT molecular complexity index is 502. The van der Waals surface area contributed by atoms with Crippen molar-refractivity contribution in [2.75, 3.05) is 17.7 Å². The van der Waals surface area contributed by atoms with Gasteiger partial charge in [-0.15, -0.1) is 0 Å². The first-order valence-electron chi connectivity index (χ1n) is 5.80. The third kappa shape index (κ3) is 2.93. The lowest BCUT2D eigenvalue weighted by atomic mass is 10.4. The third-order valence-electron chi connectivity index (χ3n) is 2.34. The summed E-state index contributed by atoms with van der Waals surface area (Å²) >= 11 is 0. The highest BCUT2D eigenvalue weighted by Crippen LogP contribution is 2.12. The summed E-state index contributed by atoms with van der Waals surface area (Å²) in [6.07, 6.45) is 0.783. The number of hydrogen-bond acceptors (Lipinski definition) is 7. The van der Waals surface area contributed by atoms with Crippen molar-refractivity contribution in [3.63, 3.8) is 0 Å². The Hall–Kier alpha value is -2.18. The van der Waals surface area contributed by atoms with E-state index in [0.717, 1.165) is 23.9 Å². The summed E-state index contributed by atoms with van der Waals surface area (Å²) in [7, 11) is 1.83. The maximum atomic E-state index is 4.90. The van der Waals surface area contributed by atoms with Gasteiger partial charge in [-0.1, -0.05) is 12.1 Å². The van der Waals surface area contributed by atoms with E-state index in [0.29, 0.717) is 18.3 Å². The van der Waals surface area contributed by atoms with E-state index in [1.165, 1.54) is 0 Å². The highest BCUT2D eigenvalue weighted by atomic mass is 16.5. The van der Waals surface area contributed by atoms with Gasteiger partial charge in [-0.25, -0.2) is 9.97 Å². The molecular weight excluding hydrogens is 232 g/mol. The lowest BCUT2D eigenvalue weighted by molar-refractivity contribution is 0.388.